The van der Waals surface area contributed by atoms with E-state index in [4.69, 9.17) is 9.47 Å². The molecule has 0 spiro atoms. The van der Waals surface area contributed by atoms with E-state index < -0.39 is 11.7 Å². The number of rotatable bonds is 5. The third-order valence-corrected chi connectivity index (χ3v) is 3.45. The van der Waals surface area contributed by atoms with Crippen molar-refractivity contribution in [2.75, 3.05) is 13.7 Å². The molecule has 112 valence electrons. The van der Waals surface area contributed by atoms with Crippen molar-refractivity contribution >= 4 is 0 Å². The molecule has 0 aromatic heterocycles. The first kappa shape index (κ1) is 15.1. The van der Waals surface area contributed by atoms with Gasteiger partial charge in [-0.2, -0.15) is 13.2 Å². The molecule has 0 heterocycles. The Bertz CT molecular complexity index is 433. The molecule has 1 N–H and O–H groups in total. The van der Waals surface area contributed by atoms with Gasteiger partial charge in [0, 0.05) is 19.1 Å². The summed E-state index contributed by atoms with van der Waals surface area (Å²) < 4.78 is 48.6. The number of halogens is 3. The monoisotopic (exact) mass is 289 g/mol. The maximum atomic E-state index is 12.4. The van der Waals surface area contributed by atoms with Crippen molar-refractivity contribution in [1.29, 1.82) is 0 Å². The third kappa shape index (κ3) is 3.24. The van der Waals surface area contributed by atoms with Gasteiger partial charge < -0.3 is 14.8 Å². The Morgan fingerprint density at radius 1 is 1.25 bits per heavy atom. The van der Waals surface area contributed by atoms with Crippen molar-refractivity contribution in [3.05, 3.63) is 29.8 Å². The lowest BCUT2D eigenvalue weighted by molar-refractivity contribution is -0.137. The van der Waals surface area contributed by atoms with E-state index in [-0.39, 0.29) is 18.2 Å². The van der Waals surface area contributed by atoms with Crippen LogP contribution < -0.4 is 10.1 Å². The van der Waals surface area contributed by atoms with Crippen LogP contribution in [0.25, 0.3) is 0 Å². The second-order valence-electron chi connectivity index (χ2n) is 4.73. The van der Waals surface area contributed by atoms with Gasteiger partial charge in [-0.3, -0.25) is 0 Å². The fourth-order valence-corrected chi connectivity index (χ4v) is 2.29. The Kier molecular flexibility index (Phi) is 4.55. The van der Waals surface area contributed by atoms with Gasteiger partial charge in [-0.25, -0.2) is 0 Å². The maximum absolute atomic E-state index is 12.4. The Balaban J connectivity index is 1.97. The fraction of sp³-hybridized carbons (Fsp3) is 0.571. The van der Waals surface area contributed by atoms with Crippen LogP contribution in [0.1, 0.15) is 18.9 Å². The second-order valence-corrected chi connectivity index (χ2v) is 4.73. The summed E-state index contributed by atoms with van der Waals surface area (Å²) in [5.74, 6) is 0.433. The van der Waals surface area contributed by atoms with Crippen molar-refractivity contribution in [1.82, 2.24) is 5.32 Å². The highest BCUT2D eigenvalue weighted by Gasteiger charge is 2.42. The number of ether oxygens (including phenoxy) is 2. The smallest absolute Gasteiger partial charge is 0.416 e. The van der Waals surface area contributed by atoms with Gasteiger partial charge in [0.05, 0.1) is 5.56 Å². The lowest BCUT2D eigenvalue weighted by atomic mass is 9.85. The highest BCUT2D eigenvalue weighted by atomic mass is 19.4. The van der Waals surface area contributed by atoms with E-state index in [1.807, 2.05) is 14.0 Å². The molecule has 0 radical (unpaired) electrons. The van der Waals surface area contributed by atoms with E-state index >= 15 is 0 Å². The van der Waals surface area contributed by atoms with Gasteiger partial charge in [-0.05, 0) is 38.2 Å². The normalized spacial score (nSPS) is 26.1. The Morgan fingerprint density at radius 2 is 1.90 bits per heavy atom. The molecule has 3 nitrogen and oxygen atoms in total. The Morgan fingerprint density at radius 3 is 2.40 bits per heavy atom. The zero-order chi connectivity index (χ0) is 14.8. The predicted octanol–water partition coefficient (Wildman–Crippen LogP) is 2.85. The molecule has 3 atom stereocenters. The Labute approximate surface area is 116 Å². The van der Waals surface area contributed by atoms with Crippen molar-refractivity contribution in [2.45, 2.75) is 37.8 Å². The summed E-state index contributed by atoms with van der Waals surface area (Å²) in [6.45, 7) is 2.48. The van der Waals surface area contributed by atoms with Crippen LogP contribution in [0.5, 0.6) is 5.75 Å². The summed E-state index contributed by atoms with van der Waals surface area (Å²) in [7, 11) is 1.85. The highest BCUT2D eigenvalue weighted by Crippen LogP contribution is 2.32. The first-order valence-electron chi connectivity index (χ1n) is 6.58. The maximum Gasteiger partial charge on any atom is 0.416 e. The molecular formula is C14H18F3NO2. The van der Waals surface area contributed by atoms with Crippen molar-refractivity contribution in [3.8, 4) is 5.75 Å². The van der Waals surface area contributed by atoms with Crippen molar-refractivity contribution in [3.63, 3.8) is 0 Å². The zero-order valence-electron chi connectivity index (χ0n) is 11.4. The molecule has 20 heavy (non-hydrogen) atoms. The van der Waals surface area contributed by atoms with E-state index in [9.17, 15) is 13.2 Å². The van der Waals surface area contributed by atoms with Gasteiger partial charge in [-0.15, -0.1) is 0 Å². The van der Waals surface area contributed by atoms with Gasteiger partial charge >= 0.3 is 6.18 Å². The molecule has 1 aliphatic carbocycles. The fourth-order valence-electron chi connectivity index (χ4n) is 2.29. The third-order valence-electron chi connectivity index (χ3n) is 3.45. The summed E-state index contributed by atoms with van der Waals surface area (Å²) in [6, 6.07) is 4.98. The van der Waals surface area contributed by atoms with E-state index in [2.05, 4.69) is 5.32 Å². The average Bonchev–Trinajstić information content (AvgIpc) is 2.40. The molecule has 0 bridgehead atoms. The van der Waals surface area contributed by atoms with Crippen LogP contribution in [-0.4, -0.2) is 31.9 Å². The topological polar surface area (TPSA) is 30.5 Å². The molecule has 0 aliphatic heterocycles. The van der Waals surface area contributed by atoms with Crippen LogP contribution in [-0.2, 0) is 10.9 Å². The number of alkyl halides is 3. The number of hydrogen-bond donors (Lipinski definition) is 1. The Hall–Kier alpha value is -1.27. The largest absolute Gasteiger partial charge is 0.488 e. The quantitative estimate of drug-likeness (QED) is 0.904. The van der Waals surface area contributed by atoms with Gasteiger partial charge in [0.2, 0.25) is 0 Å². The highest BCUT2D eigenvalue weighted by molar-refractivity contribution is 5.29. The molecule has 0 saturated heterocycles. The zero-order valence-corrected chi connectivity index (χ0v) is 11.4. The molecule has 1 aromatic rings. The van der Waals surface area contributed by atoms with Crippen LogP contribution in [0.2, 0.25) is 0 Å². The van der Waals surface area contributed by atoms with Crippen LogP contribution in [0.15, 0.2) is 24.3 Å². The molecule has 2 rings (SSSR count). The molecule has 1 aliphatic rings. The van der Waals surface area contributed by atoms with Crippen LogP contribution in [0.4, 0.5) is 13.2 Å². The number of likely N-dealkylation sites (N-methyl/N-ethyl adjacent to an activating group) is 1. The molecule has 1 saturated carbocycles. The predicted molar refractivity (Wildman–Crippen MR) is 68.7 cm³/mol. The van der Waals surface area contributed by atoms with E-state index in [1.54, 1.807) is 0 Å². The average molecular weight is 289 g/mol. The van der Waals surface area contributed by atoms with Crippen molar-refractivity contribution < 1.29 is 22.6 Å². The first-order valence-corrected chi connectivity index (χ1v) is 6.58. The van der Waals surface area contributed by atoms with E-state index in [0.29, 0.717) is 12.4 Å². The van der Waals surface area contributed by atoms with Gasteiger partial charge in [0.1, 0.15) is 18.0 Å². The van der Waals surface area contributed by atoms with Crippen molar-refractivity contribution in [2.24, 2.45) is 0 Å². The minimum atomic E-state index is -4.32. The summed E-state index contributed by atoms with van der Waals surface area (Å²) in [5, 5.41) is 3.13. The number of hydrogen-bond acceptors (Lipinski definition) is 3. The number of nitrogens with one attached hydrogen (secondary N) is 1. The van der Waals surface area contributed by atoms with Crippen LogP contribution >= 0.6 is 0 Å². The molecule has 1 fully saturated rings. The molecule has 3 unspecified atom stereocenters. The molecule has 6 heteroatoms. The van der Waals surface area contributed by atoms with Gasteiger partial charge in [0.15, 0.2) is 0 Å². The summed E-state index contributed by atoms with van der Waals surface area (Å²) in [6.07, 6.45) is -3.72. The van der Waals surface area contributed by atoms with Crippen LogP contribution in [0, 0.1) is 0 Å². The standard InChI is InChI=1S/C14H18F3NO2/c1-3-19-13-11(18-2)8-12(13)20-10-6-4-9(5-7-10)14(15,16)17/h4-7,11-13,18H,3,8H2,1-2H3. The molecule has 0 amide bonds. The molecule has 1 aromatic carbocycles. The molecular weight excluding hydrogens is 271 g/mol. The van der Waals surface area contributed by atoms with E-state index in [0.717, 1.165) is 18.6 Å². The minimum Gasteiger partial charge on any atom is -0.488 e. The second kappa shape index (κ2) is 6.01. The SMILES string of the molecule is CCOC1C(NC)CC1Oc1ccc(C(F)(F)F)cc1. The van der Waals surface area contributed by atoms with Gasteiger partial charge in [-0.1, -0.05) is 0 Å². The van der Waals surface area contributed by atoms with E-state index in [1.165, 1.54) is 12.1 Å². The number of benzene rings is 1. The minimum absolute atomic E-state index is 0.0627. The summed E-state index contributed by atoms with van der Waals surface area (Å²) >= 11 is 0. The summed E-state index contributed by atoms with van der Waals surface area (Å²) in [4.78, 5) is 0. The summed E-state index contributed by atoms with van der Waals surface area (Å²) in [5.41, 5.74) is -0.673. The van der Waals surface area contributed by atoms with Gasteiger partial charge in [0.25, 0.3) is 0 Å². The lowest BCUT2D eigenvalue weighted by Gasteiger charge is -2.43. The van der Waals surface area contributed by atoms with Crippen LogP contribution in [0.3, 0.4) is 0 Å². The first-order chi connectivity index (χ1) is 9.45. The lowest BCUT2D eigenvalue weighted by Crippen LogP contribution is -2.60.